The average Bonchev–Trinajstić information content (AvgIpc) is 2.86. The number of aromatic amines is 1. The van der Waals surface area contributed by atoms with Crippen LogP contribution in [-0.4, -0.2) is 21.8 Å². The normalized spacial score (nSPS) is 16.3. The van der Waals surface area contributed by atoms with Crippen molar-refractivity contribution in [3.63, 3.8) is 0 Å². The fourth-order valence-corrected chi connectivity index (χ4v) is 3.42. The summed E-state index contributed by atoms with van der Waals surface area (Å²) < 4.78 is 0. The first-order valence-corrected chi connectivity index (χ1v) is 7.74. The minimum Gasteiger partial charge on any atom is -0.311 e. The zero-order valence-corrected chi connectivity index (χ0v) is 11.7. The first kappa shape index (κ1) is 13.6. The Balaban J connectivity index is 1.93. The van der Waals surface area contributed by atoms with Crippen molar-refractivity contribution in [1.29, 1.82) is 0 Å². The van der Waals surface area contributed by atoms with E-state index in [9.17, 15) is 4.79 Å². The highest BCUT2D eigenvalue weighted by molar-refractivity contribution is 7.99. The molecule has 0 spiro atoms. The third-order valence-corrected chi connectivity index (χ3v) is 4.54. The highest BCUT2D eigenvalue weighted by Crippen LogP contribution is 2.30. The van der Waals surface area contributed by atoms with Crippen LogP contribution in [0, 0.1) is 0 Å². The van der Waals surface area contributed by atoms with E-state index < -0.39 is 0 Å². The Morgan fingerprint density at radius 1 is 1.50 bits per heavy atom. The Morgan fingerprint density at radius 2 is 2.28 bits per heavy atom. The molecule has 0 bridgehead atoms. The zero-order chi connectivity index (χ0) is 12.8. The first-order chi connectivity index (χ1) is 8.78. The summed E-state index contributed by atoms with van der Waals surface area (Å²) in [7, 11) is 0. The Labute approximate surface area is 112 Å². The van der Waals surface area contributed by atoms with Crippen molar-refractivity contribution in [3.05, 3.63) is 27.9 Å². The molecular formula is C13H21N3OS. The van der Waals surface area contributed by atoms with Gasteiger partial charge in [-0.2, -0.15) is 11.8 Å². The Kier molecular flexibility index (Phi) is 5.26. The molecule has 0 saturated heterocycles. The van der Waals surface area contributed by atoms with E-state index in [1.807, 2.05) is 18.7 Å². The molecule has 4 nitrogen and oxygen atoms in total. The molecule has 1 saturated carbocycles. The minimum atomic E-state index is -0.0417. The standard InChI is InChI=1S/C13H21N3OS/c1-2-14-8-10-7-13(17)16-12(15-10)9-18-11-5-3-4-6-11/h7,11,14H,2-6,8-9H2,1H3,(H,15,16,17). The van der Waals surface area contributed by atoms with Gasteiger partial charge in [0.1, 0.15) is 5.82 Å². The molecule has 18 heavy (non-hydrogen) atoms. The summed E-state index contributed by atoms with van der Waals surface area (Å²) in [5.74, 6) is 1.63. The van der Waals surface area contributed by atoms with E-state index in [2.05, 4.69) is 15.3 Å². The fourth-order valence-electron chi connectivity index (χ4n) is 2.23. The van der Waals surface area contributed by atoms with Crippen LogP contribution in [-0.2, 0) is 12.3 Å². The minimum absolute atomic E-state index is 0.0417. The molecular weight excluding hydrogens is 246 g/mol. The lowest BCUT2D eigenvalue weighted by Crippen LogP contribution is -2.18. The number of hydrogen-bond donors (Lipinski definition) is 2. The van der Waals surface area contributed by atoms with Gasteiger partial charge in [0.05, 0.1) is 11.4 Å². The van der Waals surface area contributed by atoms with Gasteiger partial charge in [-0.3, -0.25) is 4.79 Å². The van der Waals surface area contributed by atoms with Crippen molar-refractivity contribution in [3.8, 4) is 0 Å². The van der Waals surface area contributed by atoms with Crippen LogP contribution in [0.25, 0.3) is 0 Å². The van der Waals surface area contributed by atoms with Crippen LogP contribution in [0.1, 0.15) is 44.1 Å². The van der Waals surface area contributed by atoms with Crippen molar-refractivity contribution in [2.75, 3.05) is 6.54 Å². The summed E-state index contributed by atoms with van der Waals surface area (Å²) in [6.07, 6.45) is 5.32. The second-order valence-corrected chi connectivity index (χ2v) is 5.97. The fraction of sp³-hybridized carbons (Fsp3) is 0.692. The van der Waals surface area contributed by atoms with Crippen molar-refractivity contribution in [2.24, 2.45) is 0 Å². The van der Waals surface area contributed by atoms with Gasteiger partial charge < -0.3 is 10.3 Å². The maximum atomic E-state index is 11.5. The van der Waals surface area contributed by atoms with E-state index in [1.165, 1.54) is 25.7 Å². The molecule has 0 unspecified atom stereocenters. The number of nitrogens with one attached hydrogen (secondary N) is 2. The van der Waals surface area contributed by atoms with E-state index >= 15 is 0 Å². The molecule has 0 amide bonds. The van der Waals surface area contributed by atoms with Gasteiger partial charge in [0.25, 0.3) is 5.56 Å². The van der Waals surface area contributed by atoms with Gasteiger partial charge in [-0.25, -0.2) is 4.98 Å². The van der Waals surface area contributed by atoms with Crippen molar-refractivity contribution in [2.45, 2.75) is 50.2 Å². The lowest BCUT2D eigenvalue weighted by Gasteiger charge is -2.08. The summed E-state index contributed by atoms with van der Waals surface area (Å²) >= 11 is 1.93. The molecule has 100 valence electrons. The zero-order valence-electron chi connectivity index (χ0n) is 10.9. The molecule has 1 fully saturated rings. The second kappa shape index (κ2) is 6.95. The lowest BCUT2D eigenvalue weighted by atomic mass is 10.4. The van der Waals surface area contributed by atoms with Gasteiger partial charge in [-0.1, -0.05) is 19.8 Å². The third kappa shape index (κ3) is 4.14. The molecule has 0 radical (unpaired) electrons. The van der Waals surface area contributed by atoms with Crippen molar-refractivity contribution >= 4 is 11.8 Å². The average molecular weight is 267 g/mol. The first-order valence-electron chi connectivity index (χ1n) is 6.69. The largest absolute Gasteiger partial charge is 0.311 e. The van der Waals surface area contributed by atoms with Crippen LogP contribution in [0.15, 0.2) is 10.9 Å². The number of nitrogens with zero attached hydrogens (tertiary/aromatic N) is 1. The third-order valence-electron chi connectivity index (χ3n) is 3.16. The Morgan fingerprint density at radius 3 is 3.00 bits per heavy atom. The summed E-state index contributed by atoms with van der Waals surface area (Å²) in [4.78, 5) is 18.9. The number of H-pyrrole nitrogens is 1. The molecule has 5 heteroatoms. The molecule has 1 aliphatic carbocycles. The van der Waals surface area contributed by atoms with E-state index in [-0.39, 0.29) is 5.56 Å². The highest BCUT2D eigenvalue weighted by Gasteiger charge is 2.15. The predicted molar refractivity (Wildman–Crippen MR) is 75.8 cm³/mol. The predicted octanol–water partition coefficient (Wildman–Crippen LogP) is 2.06. The molecule has 2 rings (SSSR count). The van der Waals surface area contributed by atoms with E-state index in [4.69, 9.17) is 0 Å². The molecule has 1 aromatic rings. The number of hydrogen-bond acceptors (Lipinski definition) is 4. The van der Waals surface area contributed by atoms with Crippen LogP contribution in [0.4, 0.5) is 0 Å². The SMILES string of the molecule is CCNCc1cc(=O)[nH]c(CSC2CCCC2)n1. The van der Waals surface area contributed by atoms with Crippen LogP contribution in [0.5, 0.6) is 0 Å². The topological polar surface area (TPSA) is 57.8 Å². The maximum absolute atomic E-state index is 11.5. The smallest absolute Gasteiger partial charge is 0.251 e. The van der Waals surface area contributed by atoms with Gasteiger partial charge in [0.15, 0.2) is 0 Å². The molecule has 1 aromatic heterocycles. The van der Waals surface area contributed by atoms with Crippen molar-refractivity contribution in [1.82, 2.24) is 15.3 Å². The number of rotatable bonds is 6. The molecule has 2 N–H and O–H groups in total. The van der Waals surface area contributed by atoms with E-state index in [0.717, 1.165) is 29.1 Å². The Hall–Kier alpha value is -0.810. The quantitative estimate of drug-likeness (QED) is 0.828. The monoisotopic (exact) mass is 267 g/mol. The van der Waals surface area contributed by atoms with Crippen LogP contribution in [0.3, 0.4) is 0 Å². The van der Waals surface area contributed by atoms with Gasteiger partial charge in [-0.15, -0.1) is 0 Å². The number of aromatic nitrogens is 2. The molecule has 0 aliphatic heterocycles. The summed E-state index contributed by atoms with van der Waals surface area (Å²) in [5, 5.41) is 3.95. The molecule has 0 aromatic carbocycles. The van der Waals surface area contributed by atoms with Gasteiger partial charge in [-0.05, 0) is 19.4 Å². The second-order valence-electron chi connectivity index (χ2n) is 4.68. The highest BCUT2D eigenvalue weighted by atomic mass is 32.2. The van der Waals surface area contributed by atoms with E-state index in [0.29, 0.717) is 6.54 Å². The van der Waals surface area contributed by atoms with Crippen LogP contribution in [0.2, 0.25) is 0 Å². The van der Waals surface area contributed by atoms with Crippen LogP contribution < -0.4 is 10.9 Å². The van der Waals surface area contributed by atoms with Gasteiger partial charge >= 0.3 is 0 Å². The molecule has 1 aliphatic rings. The van der Waals surface area contributed by atoms with E-state index in [1.54, 1.807) is 6.07 Å². The number of thioether (sulfide) groups is 1. The van der Waals surface area contributed by atoms with Crippen molar-refractivity contribution < 1.29 is 0 Å². The van der Waals surface area contributed by atoms with Gasteiger partial charge in [0, 0.05) is 17.9 Å². The summed E-state index contributed by atoms with van der Waals surface area (Å²) in [6.45, 7) is 3.60. The molecule has 0 atom stereocenters. The summed E-state index contributed by atoms with van der Waals surface area (Å²) in [6, 6.07) is 1.58. The van der Waals surface area contributed by atoms with Crippen LogP contribution >= 0.6 is 11.8 Å². The maximum Gasteiger partial charge on any atom is 0.251 e. The Bertz CT molecular complexity index is 426. The van der Waals surface area contributed by atoms with Gasteiger partial charge in [0.2, 0.25) is 0 Å². The summed E-state index contributed by atoms with van der Waals surface area (Å²) in [5.41, 5.74) is 0.794. The lowest BCUT2D eigenvalue weighted by molar-refractivity contribution is 0.702. The molecule has 1 heterocycles.